The van der Waals surface area contributed by atoms with E-state index in [0.29, 0.717) is 18.5 Å². The highest BCUT2D eigenvalue weighted by atomic mass is 19.1. The predicted molar refractivity (Wildman–Crippen MR) is 92.3 cm³/mol. The number of rotatable bonds is 6. The molecule has 1 aromatic carbocycles. The SMILES string of the molecule is CCCC1CCC(OCC2CCc3cc(OC)c(F)cc3O2)CC1. The van der Waals surface area contributed by atoms with Crippen molar-refractivity contribution >= 4 is 0 Å². The first-order valence-electron chi connectivity index (χ1n) is 9.34. The maximum Gasteiger partial charge on any atom is 0.168 e. The average molecular weight is 336 g/mol. The molecule has 1 heterocycles. The Labute approximate surface area is 144 Å². The first-order valence-corrected chi connectivity index (χ1v) is 9.34. The third-order valence-electron chi connectivity index (χ3n) is 5.37. The van der Waals surface area contributed by atoms with Crippen LogP contribution in [0.5, 0.6) is 11.5 Å². The molecule has 0 aromatic heterocycles. The van der Waals surface area contributed by atoms with E-state index in [4.69, 9.17) is 14.2 Å². The molecule has 4 heteroatoms. The Bertz CT molecular complexity index is 538. The highest BCUT2D eigenvalue weighted by Crippen LogP contribution is 2.34. The van der Waals surface area contributed by atoms with E-state index in [0.717, 1.165) is 24.3 Å². The van der Waals surface area contributed by atoms with Gasteiger partial charge >= 0.3 is 0 Å². The molecule has 0 saturated heterocycles. The Morgan fingerprint density at radius 2 is 1.96 bits per heavy atom. The summed E-state index contributed by atoms with van der Waals surface area (Å²) in [6.45, 7) is 2.87. The van der Waals surface area contributed by atoms with Crippen LogP contribution >= 0.6 is 0 Å². The lowest BCUT2D eigenvalue weighted by atomic mass is 9.85. The van der Waals surface area contributed by atoms with Crippen molar-refractivity contribution in [2.45, 2.75) is 70.5 Å². The Morgan fingerprint density at radius 1 is 1.17 bits per heavy atom. The van der Waals surface area contributed by atoms with Gasteiger partial charge in [0.2, 0.25) is 0 Å². The van der Waals surface area contributed by atoms with Crippen LogP contribution in [0, 0.1) is 11.7 Å². The summed E-state index contributed by atoms with van der Waals surface area (Å²) >= 11 is 0. The van der Waals surface area contributed by atoms with Crippen LogP contribution in [0.2, 0.25) is 0 Å². The van der Waals surface area contributed by atoms with Gasteiger partial charge in [0, 0.05) is 6.07 Å². The smallest absolute Gasteiger partial charge is 0.168 e. The second-order valence-electron chi connectivity index (χ2n) is 7.14. The van der Waals surface area contributed by atoms with Gasteiger partial charge in [0.25, 0.3) is 0 Å². The zero-order chi connectivity index (χ0) is 16.9. The zero-order valence-electron chi connectivity index (χ0n) is 14.9. The van der Waals surface area contributed by atoms with Crippen molar-refractivity contribution < 1.29 is 18.6 Å². The molecule has 1 fully saturated rings. The number of aryl methyl sites for hydroxylation is 1. The van der Waals surface area contributed by atoms with Gasteiger partial charge in [-0.1, -0.05) is 19.8 Å². The first-order chi connectivity index (χ1) is 11.7. The Morgan fingerprint density at radius 3 is 2.67 bits per heavy atom. The second kappa shape index (κ2) is 8.19. The highest BCUT2D eigenvalue weighted by molar-refractivity contribution is 5.42. The minimum absolute atomic E-state index is 0.0265. The molecule has 24 heavy (non-hydrogen) atoms. The van der Waals surface area contributed by atoms with Crippen LogP contribution in [0.25, 0.3) is 0 Å². The lowest BCUT2D eigenvalue weighted by molar-refractivity contribution is -0.0274. The van der Waals surface area contributed by atoms with Crippen LogP contribution in [0.4, 0.5) is 4.39 Å². The summed E-state index contributed by atoms with van der Waals surface area (Å²) in [5.74, 6) is 1.45. The molecule has 0 amide bonds. The van der Waals surface area contributed by atoms with Crippen molar-refractivity contribution in [3.63, 3.8) is 0 Å². The lowest BCUT2D eigenvalue weighted by Gasteiger charge is -2.31. The molecule has 1 unspecified atom stereocenters. The molecule has 3 rings (SSSR count). The van der Waals surface area contributed by atoms with Gasteiger partial charge in [-0.15, -0.1) is 0 Å². The number of benzene rings is 1. The molecule has 1 aliphatic heterocycles. The standard InChI is InChI=1S/C20H29FO3/c1-3-4-14-5-8-16(9-6-14)23-13-17-10-7-15-11-20(22-2)18(21)12-19(15)24-17/h11-12,14,16-17H,3-10,13H2,1-2H3. The molecular weight excluding hydrogens is 307 g/mol. The van der Waals surface area contributed by atoms with Gasteiger partial charge in [0.1, 0.15) is 11.9 Å². The van der Waals surface area contributed by atoms with Crippen molar-refractivity contribution in [3.8, 4) is 11.5 Å². The minimum Gasteiger partial charge on any atom is -0.494 e. The molecule has 0 spiro atoms. The molecule has 1 saturated carbocycles. The maximum atomic E-state index is 13.8. The van der Waals surface area contributed by atoms with Gasteiger partial charge < -0.3 is 14.2 Å². The van der Waals surface area contributed by atoms with Gasteiger partial charge in [0.05, 0.1) is 19.8 Å². The van der Waals surface area contributed by atoms with E-state index in [1.165, 1.54) is 51.7 Å². The fraction of sp³-hybridized carbons (Fsp3) is 0.700. The van der Waals surface area contributed by atoms with Gasteiger partial charge in [-0.05, 0) is 56.1 Å². The molecule has 0 bridgehead atoms. The molecule has 1 aromatic rings. The Balaban J connectivity index is 1.47. The normalized spacial score (nSPS) is 26.5. The fourth-order valence-corrected chi connectivity index (χ4v) is 3.95. The van der Waals surface area contributed by atoms with Crippen LogP contribution in [-0.4, -0.2) is 25.9 Å². The van der Waals surface area contributed by atoms with Crippen LogP contribution in [-0.2, 0) is 11.2 Å². The summed E-state index contributed by atoms with van der Waals surface area (Å²) in [5.41, 5.74) is 1.02. The van der Waals surface area contributed by atoms with Crippen molar-refractivity contribution in [2.24, 2.45) is 5.92 Å². The third-order valence-corrected chi connectivity index (χ3v) is 5.37. The predicted octanol–water partition coefficient (Wildman–Crippen LogP) is 4.90. The largest absolute Gasteiger partial charge is 0.494 e. The van der Waals surface area contributed by atoms with Crippen LogP contribution in [0.1, 0.15) is 57.4 Å². The molecule has 3 nitrogen and oxygen atoms in total. The number of halogens is 1. The Hall–Kier alpha value is -1.29. The lowest BCUT2D eigenvalue weighted by Crippen LogP contribution is -2.31. The quantitative estimate of drug-likeness (QED) is 0.739. The molecule has 0 N–H and O–H groups in total. The maximum absolute atomic E-state index is 13.8. The molecular formula is C20H29FO3. The zero-order valence-corrected chi connectivity index (χ0v) is 14.9. The summed E-state index contributed by atoms with van der Waals surface area (Å²) in [5, 5.41) is 0. The number of hydrogen-bond donors (Lipinski definition) is 0. The highest BCUT2D eigenvalue weighted by Gasteiger charge is 2.25. The number of fused-ring (bicyclic) bond motifs is 1. The number of hydrogen-bond acceptors (Lipinski definition) is 3. The van der Waals surface area contributed by atoms with Crippen molar-refractivity contribution in [1.82, 2.24) is 0 Å². The summed E-state index contributed by atoms with van der Waals surface area (Å²) < 4.78 is 30.9. The van der Waals surface area contributed by atoms with Gasteiger partial charge in [-0.3, -0.25) is 0 Å². The summed E-state index contributed by atoms with van der Waals surface area (Å²) in [4.78, 5) is 0. The molecule has 1 atom stereocenters. The van der Waals surface area contributed by atoms with Crippen LogP contribution in [0.3, 0.4) is 0 Å². The van der Waals surface area contributed by atoms with E-state index in [9.17, 15) is 4.39 Å². The van der Waals surface area contributed by atoms with E-state index in [2.05, 4.69) is 6.92 Å². The molecule has 0 radical (unpaired) electrons. The van der Waals surface area contributed by atoms with Crippen LogP contribution in [0.15, 0.2) is 12.1 Å². The second-order valence-corrected chi connectivity index (χ2v) is 7.14. The van der Waals surface area contributed by atoms with Gasteiger partial charge in [-0.25, -0.2) is 4.39 Å². The van der Waals surface area contributed by atoms with Crippen molar-refractivity contribution in [3.05, 3.63) is 23.5 Å². The summed E-state index contributed by atoms with van der Waals surface area (Å²) in [6, 6.07) is 3.19. The molecule has 134 valence electrons. The third kappa shape index (κ3) is 4.21. The van der Waals surface area contributed by atoms with E-state index < -0.39 is 0 Å². The van der Waals surface area contributed by atoms with E-state index in [1.807, 2.05) is 0 Å². The van der Waals surface area contributed by atoms with E-state index in [-0.39, 0.29) is 17.7 Å². The summed E-state index contributed by atoms with van der Waals surface area (Å²) in [7, 11) is 1.49. The van der Waals surface area contributed by atoms with E-state index >= 15 is 0 Å². The molecule has 2 aliphatic rings. The fourth-order valence-electron chi connectivity index (χ4n) is 3.95. The number of ether oxygens (including phenoxy) is 3. The van der Waals surface area contributed by atoms with Gasteiger partial charge in [-0.2, -0.15) is 0 Å². The topological polar surface area (TPSA) is 27.7 Å². The average Bonchev–Trinajstić information content (AvgIpc) is 2.60. The number of methoxy groups -OCH3 is 1. The minimum atomic E-state index is -0.368. The first kappa shape index (κ1) is 17.5. The molecule has 1 aliphatic carbocycles. The monoisotopic (exact) mass is 336 g/mol. The van der Waals surface area contributed by atoms with Crippen LogP contribution < -0.4 is 9.47 Å². The van der Waals surface area contributed by atoms with Gasteiger partial charge in [0.15, 0.2) is 11.6 Å². The van der Waals surface area contributed by atoms with E-state index in [1.54, 1.807) is 6.07 Å². The Kier molecular flexibility index (Phi) is 5.99. The van der Waals surface area contributed by atoms with Crippen molar-refractivity contribution in [2.75, 3.05) is 13.7 Å². The summed E-state index contributed by atoms with van der Waals surface area (Å²) in [6.07, 6.45) is 9.73. The van der Waals surface area contributed by atoms with Crippen molar-refractivity contribution in [1.29, 1.82) is 0 Å².